The van der Waals surface area contributed by atoms with Crippen LogP contribution >= 0.6 is 31.9 Å². The smallest absolute Gasteiger partial charge is 0.0546 e. The number of fused-ring (bicyclic) bond motifs is 23. The average molecular weight is 1620 g/mol. The van der Waals surface area contributed by atoms with Crippen molar-refractivity contribution in [2.75, 3.05) is 4.90 Å². The highest BCUT2D eigenvalue weighted by molar-refractivity contribution is 9.11. The van der Waals surface area contributed by atoms with Gasteiger partial charge in [-0.15, -0.1) is 0 Å². The van der Waals surface area contributed by atoms with Crippen LogP contribution in [0.25, 0.3) is 98.0 Å². The Bertz CT molecular complexity index is 6870. The predicted octanol–water partition coefficient (Wildman–Crippen LogP) is 31.7. The minimum absolute atomic E-state index is 0.0217. The van der Waals surface area contributed by atoms with Crippen LogP contribution in [-0.4, -0.2) is 0 Å². The zero-order valence-electron chi connectivity index (χ0n) is 68.8. The molecule has 0 radical (unpaired) electrons. The first-order chi connectivity index (χ1) is 55.2. The first kappa shape index (κ1) is 74.2. The van der Waals surface area contributed by atoms with Gasteiger partial charge >= 0.3 is 0 Å². The summed E-state index contributed by atoms with van der Waals surface area (Å²) in [5.74, 6) is 0. The van der Waals surface area contributed by atoms with Crippen LogP contribution in [0.1, 0.15) is 178 Å². The Morgan fingerprint density at radius 2 is 0.617 bits per heavy atom. The Hall–Kier alpha value is -10.9. The van der Waals surface area contributed by atoms with Crippen molar-refractivity contribution in [1.29, 1.82) is 0 Å². The summed E-state index contributed by atoms with van der Waals surface area (Å²) >= 11 is 7.42. The van der Waals surface area contributed by atoms with E-state index in [1.54, 1.807) is 0 Å². The molecule has 17 aromatic carbocycles. The van der Waals surface area contributed by atoms with Crippen molar-refractivity contribution >= 4 is 114 Å². The molecule has 0 fully saturated rings. The fourth-order valence-electron chi connectivity index (χ4n) is 21.4. The Morgan fingerprint density at radius 1 is 0.235 bits per heavy atom. The lowest BCUT2D eigenvalue weighted by atomic mass is 9.67. The molecule has 0 atom stereocenters. The van der Waals surface area contributed by atoms with Crippen LogP contribution in [0.2, 0.25) is 0 Å². The molecule has 22 rings (SSSR count). The third kappa shape index (κ3) is 11.5. The van der Waals surface area contributed by atoms with Gasteiger partial charge in [0.15, 0.2) is 0 Å². The van der Waals surface area contributed by atoms with Crippen molar-refractivity contribution in [2.45, 2.75) is 143 Å². The molecule has 1 aliphatic heterocycles. The van der Waals surface area contributed by atoms with E-state index in [1.807, 2.05) is 0 Å². The standard InChI is InChI=1S/C43H35N.C26H28.C25H24.C18H10Br2/c1-26-22-32-29-16-8-9-18-31(29)40(24-33(32)28-15-7-6-14-27(26)28)44-39-21-13-12-20-36(39)43(4,5)38-23-34-30-17-10-11-19-35(30)42(2,3)37(34)25-41(38)44;1-17-11-7-9-13-21(17)25(3,4)23-16-20-19-12-8-10-14-22(19)26(5,6)24(20)15-18(23)2;1-24(2)20-11-7-5-9-16(20)13-17-14-23-19(15-22(17)24)18-10-6-8-12-21(18)25(23,3)4;19-17-10-16-12-6-2-4-8-14(12)18(20)9-15(16)11-5-1-3-7-13(11)17/h6-25H,1-5H3;7-16H,1-6H3;5-12,14-15H,13H2,1-4H3;1-10H. The van der Waals surface area contributed by atoms with Gasteiger partial charge in [0.25, 0.3) is 0 Å². The van der Waals surface area contributed by atoms with Crippen molar-refractivity contribution in [3.8, 4) is 33.4 Å². The van der Waals surface area contributed by atoms with E-state index in [9.17, 15) is 0 Å². The molecular weight excluding hydrogens is 1520 g/mol. The van der Waals surface area contributed by atoms with Gasteiger partial charge in [0.1, 0.15) is 0 Å². The number of hydrogen-bond acceptors (Lipinski definition) is 1. The number of anilines is 3. The Labute approximate surface area is 696 Å². The van der Waals surface area contributed by atoms with Gasteiger partial charge in [-0.05, 0) is 263 Å². The van der Waals surface area contributed by atoms with Gasteiger partial charge < -0.3 is 4.90 Å². The summed E-state index contributed by atoms with van der Waals surface area (Å²) in [4.78, 5) is 2.58. The number of hydrogen-bond donors (Lipinski definition) is 0. The van der Waals surface area contributed by atoms with Gasteiger partial charge in [-0.2, -0.15) is 0 Å². The molecule has 115 heavy (non-hydrogen) atoms. The van der Waals surface area contributed by atoms with Crippen molar-refractivity contribution in [2.24, 2.45) is 0 Å². The fourth-order valence-corrected chi connectivity index (χ4v) is 22.6. The van der Waals surface area contributed by atoms with Crippen molar-refractivity contribution in [3.63, 3.8) is 0 Å². The van der Waals surface area contributed by atoms with Gasteiger partial charge in [-0.25, -0.2) is 0 Å². The number of aryl methyl sites for hydroxylation is 3. The molecule has 564 valence electrons. The molecule has 0 unspecified atom stereocenters. The first-order valence-electron chi connectivity index (χ1n) is 41.1. The highest BCUT2D eigenvalue weighted by Crippen LogP contribution is 2.60. The van der Waals surface area contributed by atoms with Crippen LogP contribution in [0.5, 0.6) is 0 Å². The largest absolute Gasteiger partial charge is 0.309 e. The maximum Gasteiger partial charge on any atom is 0.0546 e. The summed E-state index contributed by atoms with van der Waals surface area (Å²) in [6, 6.07) is 113. The zero-order chi connectivity index (χ0) is 79.7. The van der Waals surface area contributed by atoms with E-state index >= 15 is 0 Å². The molecule has 0 amide bonds. The quantitative estimate of drug-likeness (QED) is 0.159. The molecule has 0 spiro atoms. The summed E-state index contributed by atoms with van der Waals surface area (Å²) in [6.07, 6.45) is 1.05. The molecule has 1 heterocycles. The van der Waals surface area contributed by atoms with Crippen LogP contribution in [0.15, 0.2) is 312 Å². The third-order valence-corrected chi connectivity index (χ3v) is 28.8. The van der Waals surface area contributed by atoms with Crippen LogP contribution in [0, 0.1) is 20.8 Å². The van der Waals surface area contributed by atoms with Gasteiger partial charge in [-0.1, -0.05) is 370 Å². The summed E-state index contributed by atoms with van der Waals surface area (Å²) in [7, 11) is 0. The maximum atomic E-state index is 3.71. The van der Waals surface area contributed by atoms with E-state index < -0.39 is 0 Å². The molecule has 0 bridgehead atoms. The molecule has 0 saturated heterocycles. The molecule has 0 N–H and O–H groups in total. The second-order valence-electron chi connectivity index (χ2n) is 36.2. The predicted molar refractivity (Wildman–Crippen MR) is 500 cm³/mol. The lowest BCUT2D eigenvalue weighted by molar-refractivity contribution is 0.606. The molecular formula is C112H97Br2N. The lowest BCUT2D eigenvalue weighted by Crippen LogP contribution is -2.31. The normalized spacial score (nSPS) is 15.3. The fraction of sp³-hybridized carbons (Fsp3) is 0.196. The Morgan fingerprint density at radius 3 is 1.17 bits per heavy atom. The van der Waals surface area contributed by atoms with Gasteiger partial charge in [0.05, 0.1) is 17.1 Å². The number of halogens is 2. The monoisotopic (exact) mass is 1610 g/mol. The van der Waals surface area contributed by atoms with Gasteiger partial charge in [0, 0.05) is 46.8 Å². The van der Waals surface area contributed by atoms with E-state index in [0.717, 1.165) is 15.4 Å². The van der Waals surface area contributed by atoms with E-state index in [-0.39, 0.29) is 32.5 Å². The Balaban J connectivity index is 0.000000108. The van der Waals surface area contributed by atoms with E-state index in [1.165, 1.54) is 210 Å². The molecule has 4 aliphatic carbocycles. The topological polar surface area (TPSA) is 3.24 Å². The molecule has 17 aromatic rings. The average Bonchev–Trinajstić information content (AvgIpc) is 1.64. The maximum absolute atomic E-state index is 3.71. The van der Waals surface area contributed by atoms with Crippen LogP contribution in [-0.2, 0) is 38.9 Å². The highest BCUT2D eigenvalue weighted by Gasteiger charge is 2.45. The summed E-state index contributed by atoms with van der Waals surface area (Å²) in [5.41, 5.74) is 36.4. The van der Waals surface area contributed by atoms with Gasteiger partial charge in [-0.3, -0.25) is 0 Å². The second-order valence-corrected chi connectivity index (χ2v) is 38.0. The van der Waals surface area contributed by atoms with Crippen LogP contribution in [0.4, 0.5) is 17.1 Å². The molecule has 0 saturated carbocycles. The number of nitrogens with zero attached hydrogens (tertiary/aromatic N) is 1. The summed E-state index contributed by atoms with van der Waals surface area (Å²) in [5, 5.41) is 15.5. The van der Waals surface area contributed by atoms with Crippen molar-refractivity contribution < 1.29 is 0 Å². The minimum Gasteiger partial charge on any atom is -0.309 e. The van der Waals surface area contributed by atoms with Crippen LogP contribution in [0.3, 0.4) is 0 Å². The van der Waals surface area contributed by atoms with Crippen molar-refractivity contribution in [3.05, 3.63) is 407 Å². The van der Waals surface area contributed by atoms with Crippen molar-refractivity contribution in [1.82, 2.24) is 0 Å². The molecule has 5 aliphatic rings. The first-order valence-corrected chi connectivity index (χ1v) is 42.6. The second kappa shape index (κ2) is 27.1. The van der Waals surface area contributed by atoms with E-state index in [0.29, 0.717) is 0 Å². The minimum atomic E-state index is -0.157. The van der Waals surface area contributed by atoms with E-state index in [4.69, 9.17) is 0 Å². The lowest BCUT2D eigenvalue weighted by Gasteiger charge is -2.43. The third-order valence-electron chi connectivity index (χ3n) is 27.5. The zero-order valence-corrected chi connectivity index (χ0v) is 71.9. The number of rotatable bonds is 3. The Kier molecular flexibility index (Phi) is 17.5. The molecule has 3 heteroatoms. The number of para-hydroxylation sites is 1. The SMILES string of the molecule is Brc1cc2c3ccccc3c(Br)cc2c2ccccc12.CC1(C)c2ccccc2Cc2cc3c(cc21)-c1ccccc1C3(C)C.Cc1cc2c3ccccc3c(N3c4ccccc4C(C)(C)c4cc5c(cc43)C(C)(C)c3ccccc3-5)cc2c2ccccc12.Cc1ccccc1C(C)(C)c1cc2c(cc1C)C(C)(C)c1ccccc1-2. The molecule has 1 nitrogen and oxygen atoms in total. The van der Waals surface area contributed by atoms with Gasteiger partial charge in [0.2, 0.25) is 0 Å². The van der Waals surface area contributed by atoms with Crippen LogP contribution < -0.4 is 4.90 Å². The van der Waals surface area contributed by atoms with E-state index in [2.05, 4.69) is 444 Å². The summed E-state index contributed by atoms with van der Waals surface area (Å²) < 4.78 is 2.29. The number of benzene rings is 17. The molecule has 0 aromatic heterocycles. The summed E-state index contributed by atoms with van der Waals surface area (Å²) in [6.45, 7) is 35.2. The highest BCUT2D eigenvalue weighted by atomic mass is 79.9.